The third-order valence-electron chi connectivity index (χ3n) is 6.12. The Labute approximate surface area is 189 Å². The fourth-order valence-corrected chi connectivity index (χ4v) is 5.54. The average Bonchev–Trinajstić information content (AvgIpc) is 3.48. The quantitative estimate of drug-likeness (QED) is 0.504. The molecular formula is C24H25N5O2S. The van der Waals surface area contributed by atoms with E-state index in [1.54, 1.807) is 20.7 Å². The van der Waals surface area contributed by atoms with Gasteiger partial charge in [-0.05, 0) is 50.6 Å². The molecule has 32 heavy (non-hydrogen) atoms. The summed E-state index contributed by atoms with van der Waals surface area (Å²) in [4.78, 5) is 33.0. The number of hydrogen-bond donors (Lipinski definition) is 1. The maximum absolute atomic E-state index is 13.1. The minimum Gasteiger partial charge on any atom is -0.319 e. The Bertz CT molecular complexity index is 1300. The maximum Gasteiger partial charge on any atom is 0.295 e. The van der Waals surface area contributed by atoms with Crippen molar-refractivity contribution in [3.63, 3.8) is 0 Å². The largest absolute Gasteiger partial charge is 0.319 e. The number of anilines is 1. The van der Waals surface area contributed by atoms with Gasteiger partial charge in [0, 0.05) is 7.05 Å². The highest BCUT2D eigenvalue weighted by Gasteiger charge is 2.30. The van der Waals surface area contributed by atoms with E-state index in [2.05, 4.69) is 16.3 Å². The van der Waals surface area contributed by atoms with Gasteiger partial charge in [0.05, 0.1) is 34.2 Å². The molecule has 0 saturated carbocycles. The van der Waals surface area contributed by atoms with Crippen molar-refractivity contribution < 1.29 is 4.79 Å². The number of likely N-dealkylation sites (tertiary alicyclic amines) is 1. The molecule has 5 rings (SSSR count). The highest BCUT2D eigenvalue weighted by Crippen LogP contribution is 2.36. The first kappa shape index (κ1) is 20.7. The zero-order valence-corrected chi connectivity index (χ0v) is 18.9. The molecule has 1 amide bonds. The summed E-state index contributed by atoms with van der Waals surface area (Å²) in [6, 6.07) is 17.7. The lowest BCUT2D eigenvalue weighted by Gasteiger charge is -2.21. The molecule has 1 atom stereocenters. The Hall–Kier alpha value is -3.23. The van der Waals surface area contributed by atoms with E-state index in [1.807, 2.05) is 62.5 Å². The minimum atomic E-state index is -0.228. The van der Waals surface area contributed by atoms with Gasteiger partial charge < -0.3 is 5.32 Å². The minimum absolute atomic E-state index is 0.135. The van der Waals surface area contributed by atoms with Crippen molar-refractivity contribution in [3.05, 3.63) is 75.7 Å². The predicted molar refractivity (Wildman–Crippen MR) is 128 cm³/mol. The van der Waals surface area contributed by atoms with Gasteiger partial charge in [-0.2, -0.15) is 0 Å². The van der Waals surface area contributed by atoms with E-state index in [0.29, 0.717) is 5.69 Å². The topological polar surface area (TPSA) is 72.2 Å². The van der Waals surface area contributed by atoms with Gasteiger partial charge in [0.2, 0.25) is 5.91 Å². The summed E-state index contributed by atoms with van der Waals surface area (Å²) in [6.07, 6.45) is 2.01. The zero-order chi connectivity index (χ0) is 22.2. The lowest BCUT2D eigenvalue weighted by atomic mass is 10.2. The van der Waals surface area contributed by atoms with Crippen molar-refractivity contribution >= 4 is 33.1 Å². The van der Waals surface area contributed by atoms with Crippen LogP contribution in [-0.4, -0.2) is 38.2 Å². The number of fused-ring (bicyclic) bond motifs is 1. The molecule has 1 aliphatic rings. The second-order valence-electron chi connectivity index (χ2n) is 8.13. The molecule has 2 aromatic heterocycles. The van der Waals surface area contributed by atoms with E-state index < -0.39 is 0 Å². The Morgan fingerprint density at radius 1 is 1.16 bits per heavy atom. The molecule has 0 aliphatic carbocycles. The number of carbonyl (C=O) groups excluding carboxylic acids is 1. The summed E-state index contributed by atoms with van der Waals surface area (Å²) in [5, 5.41) is 3.94. The number of para-hydroxylation sites is 2. The highest BCUT2D eigenvalue weighted by molar-refractivity contribution is 7.18. The summed E-state index contributed by atoms with van der Waals surface area (Å²) < 4.78 is 4.51. The Kier molecular flexibility index (Phi) is 5.40. The van der Waals surface area contributed by atoms with Gasteiger partial charge in [0.25, 0.3) is 5.56 Å². The molecule has 0 bridgehead atoms. The number of benzene rings is 2. The van der Waals surface area contributed by atoms with Gasteiger partial charge in [-0.3, -0.25) is 19.2 Å². The Morgan fingerprint density at radius 3 is 2.69 bits per heavy atom. The lowest BCUT2D eigenvalue weighted by Crippen LogP contribution is -2.34. The summed E-state index contributed by atoms with van der Waals surface area (Å²) in [5.74, 6) is -0.177. The predicted octanol–water partition coefficient (Wildman–Crippen LogP) is 3.87. The van der Waals surface area contributed by atoms with Crippen LogP contribution in [0.15, 0.2) is 59.4 Å². The molecule has 4 aromatic rings. The van der Waals surface area contributed by atoms with Gasteiger partial charge in [-0.15, -0.1) is 11.3 Å². The van der Waals surface area contributed by atoms with Crippen molar-refractivity contribution in [2.45, 2.75) is 25.8 Å². The van der Waals surface area contributed by atoms with E-state index in [4.69, 9.17) is 4.98 Å². The summed E-state index contributed by atoms with van der Waals surface area (Å²) in [6.45, 7) is 2.92. The summed E-state index contributed by atoms with van der Waals surface area (Å²) in [5.41, 5.74) is 2.59. The van der Waals surface area contributed by atoms with Crippen molar-refractivity contribution in [2.75, 3.05) is 18.4 Å². The number of rotatable bonds is 5. The zero-order valence-electron chi connectivity index (χ0n) is 18.1. The first-order chi connectivity index (χ1) is 15.5. The molecule has 1 aliphatic heterocycles. The highest BCUT2D eigenvalue weighted by atomic mass is 32.1. The molecule has 2 aromatic carbocycles. The molecule has 0 unspecified atom stereocenters. The fraction of sp³-hybridized carbons (Fsp3) is 0.292. The number of nitrogens with one attached hydrogen (secondary N) is 1. The molecule has 3 heterocycles. The van der Waals surface area contributed by atoms with E-state index in [-0.39, 0.29) is 24.1 Å². The van der Waals surface area contributed by atoms with Crippen LogP contribution in [0.3, 0.4) is 0 Å². The summed E-state index contributed by atoms with van der Waals surface area (Å²) in [7, 11) is 1.82. The smallest absolute Gasteiger partial charge is 0.295 e. The Balaban J connectivity index is 1.35. The van der Waals surface area contributed by atoms with E-state index in [1.165, 1.54) is 4.70 Å². The van der Waals surface area contributed by atoms with Crippen molar-refractivity contribution in [1.29, 1.82) is 0 Å². The average molecular weight is 448 g/mol. The van der Waals surface area contributed by atoms with Crippen LogP contribution in [0.2, 0.25) is 0 Å². The van der Waals surface area contributed by atoms with Crippen LogP contribution in [-0.2, 0) is 11.8 Å². The van der Waals surface area contributed by atoms with E-state index >= 15 is 0 Å². The van der Waals surface area contributed by atoms with Crippen LogP contribution in [0, 0.1) is 6.92 Å². The molecule has 0 spiro atoms. The van der Waals surface area contributed by atoms with E-state index in [0.717, 1.165) is 41.3 Å². The number of aromatic nitrogens is 3. The third kappa shape index (κ3) is 3.65. The van der Waals surface area contributed by atoms with Crippen molar-refractivity contribution in [1.82, 2.24) is 19.2 Å². The van der Waals surface area contributed by atoms with E-state index in [9.17, 15) is 9.59 Å². The SMILES string of the molecule is Cc1c(NC(=O)CN2CCC[C@H]2c2nc3ccccc3s2)c(=O)n(-c2ccccc2)n1C. The van der Waals surface area contributed by atoms with Gasteiger partial charge in [-0.1, -0.05) is 30.3 Å². The van der Waals surface area contributed by atoms with Gasteiger partial charge in [-0.25, -0.2) is 9.67 Å². The number of thiazole rings is 1. The van der Waals surface area contributed by atoms with Crippen LogP contribution in [0.5, 0.6) is 0 Å². The second kappa shape index (κ2) is 8.37. The fourth-order valence-electron chi connectivity index (χ4n) is 4.40. The second-order valence-corrected chi connectivity index (χ2v) is 9.20. The number of carbonyl (C=O) groups is 1. The number of hydrogen-bond acceptors (Lipinski definition) is 5. The van der Waals surface area contributed by atoms with Crippen molar-refractivity contribution in [3.8, 4) is 5.69 Å². The first-order valence-corrected chi connectivity index (χ1v) is 11.6. The van der Waals surface area contributed by atoms with Crippen molar-refractivity contribution in [2.24, 2.45) is 7.05 Å². The van der Waals surface area contributed by atoms with Crippen LogP contribution in [0.4, 0.5) is 5.69 Å². The van der Waals surface area contributed by atoms with Crippen LogP contribution < -0.4 is 10.9 Å². The van der Waals surface area contributed by atoms with Gasteiger partial charge in [0.1, 0.15) is 10.7 Å². The molecule has 7 nitrogen and oxygen atoms in total. The van der Waals surface area contributed by atoms with Gasteiger partial charge in [0.15, 0.2) is 0 Å². The molecule has 1 N–H and O–H groups in total. The molecule has 0 radical (unpaired) electrons. The normalized spacial score (nSPS) is 16.6. The maximum atomic E-state index is 13.1. The Morgan fingerprint density at radius 2 is 1.91 bits per heavy atom. The molecule has 1 fully saturated rings. The number of nitrogens with zero attached hydrogens (tertiary/aromatic N) is 4. The van der Waals surface area contributed by atoms with Crippen LogP contribution in [0.1, 0.15) is 29.6 Å². The molecule has 1 saturated heterocycles. The number of amides is 1. The molecule has 8 heteroatoms. The third-order valence-corrected chi connectivity index (χ3v) is 7.26. The van der Waals surface area contributed by atoms with Crippen LogP contribution >= 0.6 is 11.3 Å². The first-order valence-electron chi connectivity index (χ1n) is 10.8. The molecular weight excluding hydrogens is 422 g/mol. The standard InChI is InChI=1S/C24H25N5O2S/c1-16-22(24(31)29(27(16)2)17-9-4-3-5-10-17)26-21(30)15-28-14-8-12-19(28)23-25-18-11-6-7-13-20(18)32-23/h3-7,9-11,13,19H,8,12,14-15H2,1-2H3,(H,26,30)/t19-/m0/s1. The summed E-state index contributed by atoms with van der Waals surface area (Å²) >= 11 is 1.70. The van der Waals surface area contributed by atoms with Crippen LogP contribution in [0.25, 0.3) is 15.9 Å². The van der Waals surface area contributed by atoms with Gasteiger partial charge >= 0.3 is 0 Å². The lowest BCUT2D eigenvalue weighted by molar-refractivity contribution is -0.117. The monoisotopic (exact) mass is 447 g/mol. The molecule has 164 valence electrons.